The summed E-state index contributed by atoms with van der Waals surface area (Å²) >= 11 is 0. The highest BCUT2D eigenvalue weighted by molar-refractivity contribution is 7.86. The number of fused-ring (bicyclic) bond motifs is 1. The molecule has 0 fully saturated rings. The second-order valence-corrected chi connectivity index (χ2v) is 11.5. The summed E-state index contributed by atoms with van der Waals surface area (Å²) in [4.78, 5) is 12.7. The number of ether oxygens (including phenoxy) is 2. The van der Waals surface area contributed by atoms with E-state index in [9.17, 15) is 23.0 Å². The molecule has 0 aliphatic heterocycles. The number of nitrogen functional groups attached to an aromatic ring is 1. The molecule has 0 spiro atoms. The molecule has 0 saturated carbocycles. The Kier molecular flexibility index (Phi) is 9.77. The number of nitrogens with zero attached hydrogens (tertiary/aromatic N) is 5. The summed E-state index contributed by atoms with van der Waals surface area (Å²) in [6.45, 7) is 3.92. The number of benzene rings is 4. The third kappa shape index (κ3) is 7.01. The smallest absolute Gasteiger partial charge is 0.315 e. The van der Waals surface area contributed by atoms with Crippen LogP contribution in [0.4, 0.5) is 28.4 Å². The Morgan fingerprint density at radius 3 is 2.14 bits per heavy atom. The van der Waals surface area contributed by atoms with Gasteiger partial charge in [0.2, 0.25) is 7.95 Å². The van der Waals surface area contributed by atoms with Gasteiger partial charge in [-0.05, 0) is 60.6 Å². The van der Waals surface area contributed by atoms with Crippen LogP contribution in [0.3, 0.4) is 0 Å². The van der Waals surface area contributed by atoms with Gasteiger partial charge in [-0.1, -0.05) is 12.1 Å². The number of phenolic OH excluding ortho intramolecular Hbond substituents is 1. The summed E-state index contributed by atoms with van der Waals surface area (Å²) in [6, 6.07) is 14.7. The molecule has 0 heterocycles. The molecule has 0 radical (unpaired) electrons. The molecular weight excluding hydrogens is 601 g/mol. The van der Waals surface area contributed by atoms with Gasteiger partial charge in [-0.25, -0.2) is 0 Å². The topological polar surface area (TPSA) is 230 Å². The summed E-state index contributed by atoms with van der Waals surface area (Å²) in [7, 11) is -7.37. The largest absolute Gasteiger partial charge is 0.505 e. The van der Waals surface area contributed by atoms with Crippen molar-refractivity contribution in [3.8, 4) is 17.2 Å². The number of aromatic hydroxyl groups is 1. The first-order valence-corrected chi connectivity index (χ1v) is 15.3. The maximum atomic E-state index is 12.6. The zero-order valence-electron chi connectivity index (χ0n) is 22.8. The Morgan fingerprint density at radius 1 is 0.884 bits per heavy atom. The van der Waals surface area contributed by atoms with Crippen LogP contribution in [0.15, 0.2) is 91.0 Å². The molecule has 224 valence electrons. The second-order valence-electron chi connectivity index (χ2n) is 8.60. The monoisotopic (exact) mass is 627 g/mol. The van der Waals surface area contributed by atoms with Gasteiger partial charge >= 0.3 is 10.1 Å². The fraction of sp³-hybridized carbons (Fsp3) is 0.154. The second kappa shape index (κ2) is 13.5. The summed E-state index contributed by atoms with van der Waals surface area (Å²) in [5.74, 6) is 4.89. The van der Waals surface area contributed by atoms with Crippen molar-refractivity contribution >= 4 is 62.6 Å². The minimum atomic E-state index is -4.54. The number of azo groups is 2. The van der Waals surface area contributed by atoms with Crippen LogP contribution >= 0.6 is 7.95 Å². The molecule has 0 aromatic heterocycles. The summed E-state index contributed by atoms with van der Waals surface area (Å²) in [5.41, 5.74) is 6.38. The van der Waals surface area contributed by atoms with Crippen LogP contribution in [-0.4, -0.2) is 26.7 Å². The first-order chi connectivity index (χ1) is 20.6. The van der Waals surface area contributed by atoms with Gasteiger partial charge < -0.3 is 20.3 Å². The third-order valence-corrected chi connectivity index (χ3v) is 7.89. The number of nitrogens with two attached hydrogens (primary N) is 2. The molecule has 4 aromatic carbocycles. The van der Waals surface area contributed by atoms with E-state index in [0.717, 1.165) is 0 Å². The average molecular weight is 628 g/mol. The molecule has 4 rings (SSSR count). The molecule has 43 heavy (non-hydrogen) atoms. The van der Waals surface area contributed by atoms with Crippen molar-refractivity contribution in [1.82, 2.24) is 0 Å². The summed E-state index contributed by atoms with van der Waals surface area (Å²) in [5, 5.41) is 28.4. The van der Waals surface area contributed by atoms with Crippen molar-refractivity contribution in [1.29, 1.82) is 0 Å². The molecule has 0 bridgehead atoms. The number of hydrogen-bond acceptors (Lipinski definition) is 14. The molecule has 0 amide bonds. The lowest BCUT2D eigenvalue weighted by molar-refractivity contribution is 0.332. The van der Waals surface area contributed by atoms with E-state index in [1.807, 2.05) is 0 Å². The Hall–Kier alpha value is -4.76. The Balaban J connectivity index is 1.83. The van der Waals surface area contributed by atoms with Crippen LogP contribution in [0.25, 0.3) is 10.8 Å². The van der Waals surface area contributed by atoms with E-state index in [0.29, 0.717) is 16.8 Å². The first kappa shape index (κ1) is 31.2. The number of hydrogen-bond donors (Lipinski definition) is 3. The number of rotatable bonds is 12. The van der Waals surface area contributed by atoms with Crippen LogP contribution in [0, 0.1) is 4.91 Å². The lowest BCUT2D eigenvalue weighted by atomic mass is 10.1. The van der Waals surface area contributed by atoms with Crippen molar-refractivity contribution in [2.75, 3.05) is 18.9 Å². The van der Waals surface area contributed by atoms with Gasteiger partial charge in [-0.2, -0.15) is 23.7 Å². The normalized spacial score (nSPS) is 12.6. The van der Waals surface area contributed by atoms with Crippen LogP contribution in [0.2, 0.25) is 0 Å². The molecule has 0 saturated heterocycles. The molecular formula is C26H26N7O8PS. The maximum Gasteiger partial charge on any atom is 0.315 e. The molecule has 15 nitrogen and oxygen atoms in total. The lowest BCUT2D eigenvalue weighted by Crippen LogP contribution is -2.11. The molecule has 1 atom stereocenters. The highest BCUT2D eigenvalue weighted by Gasteiger charge is 2.25. The molecule has 17 heteroatoms. The fourth-order valence-corrected chi connectivity index (χ4v) is 5.27. The van der Waals surface area contributed by atoms with Crippen LogP contribution in [-0.2, 0) is 19.0 Å². The van der Waals surface area contributed by atoms with E-state index in [-0.39, 0.29) is 46.8 Å². The van der Waals surface area contributed by atoms with Crippen molar-refractivity contribution < 1.29 is 31.8 Å². The minimum Gasteiger partial charge on any atom is -0.505 e. The van der Waals surface area contributed by atoms with Gasteiger partial charge in [0.05, 0.1) is 18.9 Å². The van der Waals surface area contributed by atoms with Gasteiger partial charge in [0.15, 0.2) is 5.75 Å². The SMILES string of the molecule is CCOc1cc(N=Nc2c(S(=O)(=O)ON)cc3ccc(N)cc3c2O)c(OCC)cc1N=Nc1cccc([PH](=O)N=O)c1. The van der Waals surface area contributed by atoms with Crippen molar-refractivity contribution in [3.05, 3.63) is 65.6 Å². The van der Waals surface area contributed by atoms with Crippen LogP contribution in [0.1, 0.15) is 13.8 Å². The van der Waals surface area contributed by atoms with Crippen molar-refractivity contribution in [2.24, 2.45) is 31.3 Å². The molecule has 0 aliphatic rings. The van der Waals surface area contributed by atoms with Crippen LogP contribution < -0.4 is 26.4 Å². The zero-order valence-corrected chi connectivity index (χ0v) is 24.6. The molecule has 0 aliphatic carbocycles. The van der Waals surface area contributed by atoms with E-state index in [1.54, 1.807) is 26.0 Å². The van der Waals surface area contributed by atoms with Crippen molar-refractivity contribution in [3.63, 3.8) is 0 Å². The van der Waals surface area contributed by atoms with E-state index >= 15 is 0 Å². The number of anilines is 1. The fourth-order valence-electron chi connectivity index (χ4n) is 3.90. The highest BCUT2D eigenvalue weighted by Crippen LogP contribution is 2.45. The van der Waals surface area contributed by atoms with Crippen molar-refractivity contribution in [2.45, 2.75) is 18.7 Å². The first-order valence-electron chi connectivity index (χ1n) is 12.5. The number of phenols is 1. The summed E-state index contributed by atoms with van der Waals surface area (Å²) < 4.78 is 52.7. The third-order valence-electron chi connectivity index (χ3n) is 5.82. The van der Waals surface area contributed by atoms with Gasteiger partial charge in [0.1, 0.15) is 33.5 Å². The van der Waals surface area contributed by atoms with E-state index in [4.69, 9.17) is 21.1 Å². The standard InChI is InChI=1S/C26H26N7O8PS/c1-3-39-22-14-21(23(40-4-2)13-20(22)30-29-17-6-5-7-18(12-17)42(36)33-35)31-32-25-24(43(37,38)41-28)10-15-8-9-16(27)11-19(15)26(25)34/h5-14,34,42H,3-4,27-28H2,1-2H3. The van der Waals surface area contributed by atoms with Gasteiger partial charge in [-0.3, -0.25) is 4.57 Å². The predicted octanol–water partition coefficient (Wildman–Crippen LogP) is 6.20. The molecule has 4 aromatic rings. The molecule has 1 unspecified atom stereocenters. The van der Waals surface area contributed by atoms with Gasteiger partial charge in [-0.15, -0.1) is 20.2 Å². The maximum absolute atomic E-state index is 12.6. The lowest BCUT2D eigenvalue weighted by Gasteiger charge is -2.13. The number of nitroso groups, excluding NO2 is 1. The van der Waals surface area contributed by atoms with E-state index < -0.39 is 34.4 Å². The average Bonchev–Trinajstić information content (AvgIpc) is 3.00. The summed E-state index contributed by atoms with van der Waals surface area (Å²) in [6.07, 6.45) is 0. The Bertz CT molecular complexity index is 1880. The Morgan fingerprint density at radius 2 is 1.53 bits per heavy atom. The zero-order chi connectivity index (χ0) is 31.1. The molecule has 5 N–H and O–H groups in total. The highest BCUT2D eigenvalue weighted by atomic mass is 32.2. The quantitative estimate of drug-likeness (QED) is 0.0529. The minimum absolute atomic E-state index is 0.103. The van der Waals surface area contributed by atoms with Gasteiger partial charge in [0, 0.05) is 28.5 Å². The van der Waals surface area contributed by atoms with Crippen LogP contribution in [0.5, 0.6) is 17.2 Å². The predicted molar refractivity (Wildman–Crippen MR) is 160 cm³/mol. The van der Waals surface area contributed by atoms with E-state index in [1.165, 1.54) is 48.5 Å². The van der Waals surface area contributed by atoms with E-state index in [2.05, 4.69) is 29.7 Å². The Labute approximate surface area is 246 Å². The van der Waals surface area contributed by atoms with Gasteiger partial charge in [0.25, 0.3) is 0 Å².